The average Bonchev–Trinajstić information content (AvgIpc) is 2.46. The molecule has 0 saturated heterocycles. The molecule has 1 aromatic carbocycles. The van der Waals surface area contributed by atoms with Crippen molar-refractivity contribution >= 4 is 17.5 Å². The molecule has 0 bridgehead atoms. The Morgan fingerprint density at radius 1 is 1.00 bits per heavy atom. The van der Waals surface area contributed by atoms with Crippen LogP contribution in [0.4, 0.5) is 17.5 Å². The molecule has 124 valence electrons. The Kier molecular flexibility index (Phi) is 5.97. The zero-order valence-electron chi connectivity index (χ0n) is 14.9. The van der Waals surface area contributed by atoms with Gasteiger partial charge in [-0.2, -0.15) is 4.98 Å². The van der Waals surface area contributed by atoms with E-state index in [2.05, 4.69) is 72.6 Å². The summed E-state index contributed by atoms with van der Waals surface area (Å²) in [4.78, 5) is 9.00. The summed E-state index contributed by atoms with van der Waals surface area (Å²) in [5.74, 6) is 2.72. The third kappa shape index (κ3) is 5.55. The van der Waals surface area contributed by atoms with Gasteiger partial charge < -0.3 is 10.6 Å². The van der Waals surface area contributed by atoms with E-state index in [9.17, 15) is 0 Å². The molecule has 1 aromatic heterocycles. The second kappa shape index (κ2) is 7.95. The van der Waals surface area contributed by atoms with E-state index in [1.807, 2.05) is 13.0 Å². The fourth-order valence-electron chi connectivity index (χ4n) is 2.28. The quantitative estimate of drug-likeness (QED) is 0.746. The summed E-state index contributed by atoms with van der Waals surface area (Å²) in [5.41, 5.74) is 3.33. The molecule has 23 heavy (non-hydrogen) atoms. The number of hydrogen-bond donors (Lipinski definition) is 2. The van der Waals surface area contributed by atoms with Crippen molar-refractivity contribution < 1.29 is 0 Å². The number of rotatable bonds is 7. The van der Waals surface area contributed by atoms with Gasteiger partial charge in [-0.1, -0.05) is 39.8 Å². The van der Waals surface area contributed by atoms with Gasteiger partial charge in [-0.15, -0.1) is 0 Å². The number of aromatic nitrogens is 2. The summed E-state index contributed by atoms with van der Waals surface area (Å²) in [5, 5.41) is 6.66. The Morgan fingerprint density at radius 3 is 2.30 bits per heavy atom. The topological polar surface area (TPSA) is 49.8 Å². The number of nitrogens with one attached hydrogen (secondary N) is 2. The van der Waals surface area contributed by atoms with Crippen LogP contribution in [0.5, 0.6) is 0 Å². The fourth-order valence-corrected chi connectivity index (χ4v) is 2.28. The first-order valence-corrected chi connectivity index (χ1v) is 8.40. The van der Waals surface area contributed by atoms with E-state index in [1.54, 1.807) is 0 Å². The smallest absolute Gasteiger partial charge is 0.224 e. The van der Waals surface area contributed by atoms with Crippen LogP contribution in [0.15, 0.2) is 30.3 Å². The molecular weight excluding hydrogens is 284 g/mol. The Labute approximate surface area is 139 Å². The molecule has 0 spiro atoms. The molecule has 0 aliphatic heterocycles. The van der Waals surface area contributed by atoms with E-state index in [-0.39, 0.29) is 0 Å². The highest BCUT2D eigenvalue weighted by Crippen LogP contribution is 2.20. The van der Waals surface area contributed by atoms with Crippen LogP contribution in [0.25, 0.3) is 0 Å². The van der Waals surface area contributed by atoms with Crippen molar-refractivity contribution in [2.24, 2.45) is 5.92 Å². The Bertz CT molecular complexity index is 618. The van der Waals surface area contributed by atoms with Crippen molar-refractivity contribution in [2.45, 2.75) is 47.0 Å². The molecule has 4 heteroatoms. The van der Waals surface area contributed by atoms with E-state index in [0.717, 1.165) is 30.2 Å². The molecule has 0 aliphatic rings. The van der Waals surface area contributed by atoms with Crippen molar-refractivity contribution in [1.82, 2.24) is 9.97 Å². The molecule has 2 aromatic rings. The Morgan fingerprint density at radius 2 is 1.70 bits per heavy atom. The van der Waals surface area contributed by atoms with Crippen molar-refractivity contribution in [3.05, 3.63) is 41.6 Å². The maximum Gasteiger partial charge on any atom is 0.224 e. The standard InChI is InChI=1S/C19H28N4/c1-13(2)10-11-20-19-21-15(5)12-18(23-19)22-17-8-6-16(7-9-17)14(3)4/h6-9,12-14H,10-11H2,1-5H3,(H2,20,21,22,23). The molecule has 0 atom stereocenters. The van der Waals surface area contributed by atoms with Gasteiger partial charge in [0.05, 0.1) is 0 Å². The molecule has 0 radical (unpaired) electrons. The van der Waals surface area contributed by atoms with Crippen LogP contribution in [-0.2, 0) is 0 Å². The Hall–Kier alpha value is -2.10. The summed E-state index contributed by atoms with van der Waals surface area (Å²) in [6.45, 7) is 11.7. The third-order valence-corrected chi connectivity index (χ3v) is 3.71. The third-order valence-electron chi connectivity index (χ3n) is 3.71. The highest BCUT2D eigenvalue weighted by molar-refractivity contribution is 5.58. The minimum atomic E-state index is 0.544. The van der Waals surface area contributed by atoms with Crippen molar-refractivity contribution in [3.8, 4) is 0 Å². The van der Waals surface area contributed by atoms with Crippen LogP contribution < -0.4 is 10.6 Å². The highest BCUT2D eigenvalue weighted by atomic mass is 15.1. The second-order valence-corrected chi connectivity index (χ2v) is 6.73. The largest absolute Gasteiger partial charge is 0.354 e. The van der Waals surface area contributed by atoms with Gasteiger partial charge in [-0.25, -0.2) is 4.98 Å². The Balaban J connectivity index is 2.05. The van der Waals surface area contributed by atoms with Crippen LogP contribution in [0.1, 0.15) is 51.3 Å². The predicted molar refractivity (Wildman–Crippen MR) is 98.5 cm³/mol. The maximum atomic E-state index is 4.55. The lowest BCUT2D eigenvalue weighted by molar-refractivity contribution is 0.606. The molecule has 0 amide bonds. The summed E-state index contributed by atoms with van der Waals surface area (Å²) in [7, 11) is 0. The first-order valence-electron chi connectivity index (χ1n) is 8.40. The van der Waals surface area contributed by atoms with Gasteiger partial charge in [0.15, 0.2) is 0 Å². The summed E-state index contributed by atoms with van der Waals surface area (Å²) < 4.78 is 0. The molecule has 2 N–H and O–H groups in total. The van der Waals surface area contributed by atoms with E-state index in [4.69, 9.17) is 0 Å². The first-order chi connectivity index (χ1) is 10.9. The lowest BCUT2D eigenvalue weighted by Gasteiger charge is -2.11. The number of hydrogen-bond acceptors (Lipinski definition) is 4. The predicted octanol–water partition coefficient (Wildman–Crippen LogP) is 5.11. The second-order valence-electron chi connectivity index (χ2n) is 6.73. The molecule has 4 nitrogen and oxygen atoms in total. The van der Waals surface area contributed by atoms with Crippen molar-refractivity contribution in [2.75, 3.05) is 17.2 Å². The summed E-state index contributed by atoms with van der Waals surface area (Å²) in [6.07, 6.45) is 1.11. The van der Waals surface area contributed by atoms with Crippen LogP contribution in [0.2, 0.25) is 0 Å². The first kappa shape index (κ1) is 17.3. The van der Waals surface area contributed by atoms with E-state index < -0.39 is 0 Å². The molecule has 0 unspecified atom stereocenters. The van der Waals surface area contributed by atoms with E-state index in [0.29, 0.717) is 17.8 Å². The van der Waals surface area contributed by atoms with Gasteiger partial charge in [0.25, 0.3) is 0 Å². The van der Waals surface area contributed by atoms with Gasteiger partial charge >= 0.3 is 0 Å². The van der Waals surface area contributed by atoms with Crippen LogP contribution >= 0.6 is 0 Å². The zero-order valence-corrected chi connectivity index (χ0v) is 14.9. The van der Waals surface area contributed by atoms with Gasteiger partial charge in [-0.05, 0) is 42.9 Å². The molecular formula is C19H28N4. The monoisotopic (exact) mass is 312 g/mol. The lowest BCUT2D eigenvalue weighted by Crippen LogP contribution is -2.09. The van der Waals surface area contributed by atoms with Gasteiger partial charge in [0.1, 0.15) is 5.82 Å². The van der Waals surface area contributed by atoms with Gasteiger partial charge in [-0.3, -0.25) is 0 Å². The van der Waals surface area contributed by atoms with Crippen molar-refractivity contribution in [1.29, 1.82) is 0 Å². The number of aryl methyl sites for hydroxylation is 1. The van der Waals surface area contributed by atoms with Crippen LogP contribution in [-0.4, -0.2) is 16.5 Å². The summed E-state index contributed by atoms with van der Waals surface area (Å²) in [6, 6.07) is 10.5. The van der Waals surface area contributed by atoms with Crippen LogP contribution in [0, 0.1) is 12.8 Å². The minimum Gasteiger partial charge on any atom is -0.354 e. The van der Waals surface area contributed by atoms with Gasteiger partial charge in [0.2, 0.25) is 5.95 Å². The average molecular weight is 312 g/mol. The van der Waals surface area contributed by atoms with Crippen LogP contribution in [0.3, 0.4) is 0 Å². The summed E-state index contributed by atoms with van der Waals surface area (Å²) >= 11 is 0. The molecule has 0 fully saturated rings. The number of benzene rings is 1. The van der Waals surface area contributed by atoms with E-state index >= 15 is 0 Å². The normalized spacial score (nSPS) is 11.1. The maximum absolute atomic E-state index is 4.55. The zero-order chi connectivity index (χ0) is 16.8. The highest BCUT2D eigenvalue weighted by Gasteiger charge is 2.04. The lowest BCUT2D eigenvalue weighted by atomic mass is 10.0. The molecule has 0 saturated carbocycles. The number of anilines is 3. The van der Waals surface area contributed by atoms with Crippen molar-refractivity contribution in [3.63, 3.8) is 0 Å². The molecule has 0 aliphatic carbocycles. The number of nitrogens with zero attached hydrogens (tertiary/aromatic N) is 2. The fraction of sp³-hybridized carbons (Fsp3) is 0.474. The molecule has 2 rings (SSSR count). The van der Waals surface area contributed by atoms with E-state index in [1.165, 1.54) is 5.56 Å². The minimum absolute atomic E-state index is 0.544. The molecule has 1 heterocycles. The SMILES string of the molecule is Cc1cc(Nc2ccc(C(C)C)cc2)nc(NCCC(C)C)n1. The van der Waals surface area contributed by atoms with Gasteiger partial charge in [0, 0.05) is 24.0 Å².